The number of nitrogens with zero attached hydrogens (tertiary/aromatic N) is 3. The van der Waals surface area contributed by atoms with E-state index in [1.165, 1.54) is 5.69 Å². The smallest absolute Gasteiger partial charge is 0.255 e. The molecule has 0 unspecified atom stereocenters. The van der Waals surface area contributed by atoms with E-state index < -0.39 is 0 Å². The topological polar surface area (TPSA) is 55.9 Å². The van der Waals surface area contributed by atoms with Gasteiger partial charge in [0.2, 0.25) is 5.91 Å². The van der Waals surface area contributed by atoms with Crippen LogP contribution >= 0.6 is 0 Å². The van der Waals surface area contributed by atoms with Crippen molar-refractivity contribution < 1.29 is 9.59 Å². The molecule has 2 aliphatic rings. The monoisotopic (exact) mass is 490 g/mol. The van der Waals surface area contributed by atoms with Gasteiger partial charge >= 0.3 is 0 Å². The number of hydrogen-bond acceptors (Lipinski definition) is 4. The lowest BCUT2D eigenvalue weighted by atomic mass is 9.92. The van der Waals surface area contributed by atoms with Gasteiger partial charge in [0.05, 0.1) is 5.92 Å². The number of hydrogen-bond donors (Lipinski definition) is 1. The number of rotatable bonds is 7. The number of nitrogens with one attached hydrogen (secondary N) is 1. The molecule has 2 amide bonds. The zero-order valence-electron chi connectivity index (χ0n) is 22.4. The Kier molecular flexibility index (Phi) is 8.68. The van der Waals surface area contributed by atoms with Crippen molar-refractivity contribution in [2.75, 3.05) is 49.5 Å². The first-order chi connectivity index (χ1) is 17.4. The highest BCUT2D eigenvalue weighted by Crippen LogP contribution is 2.28. The average Bonchev–Trinajstić information content (AvgIpc) is 2.90. The second-order valence-corrected chi connectivity index (χ2v) is 10.4. The van der Waals surface area contributed by atoms with Gasteiger partial charge < -0.3 is 15.1 Å². The minimum atomic E-state index is -0.0691. The fourth-order valence-electron chi connectivity index (χ4n) is 5.84. The Balaban J connectivity index is 1.29. The molecule has 2 heterocycles. The molecule has 0 radical (unpaired) electrons. The lowest BCUT2D eigenvalue weighted by Gasteiger charge is -2.43. The van der Waals surface area contributed by atoms with Gasteiger partial charge in [-0.1, -0.05) is 17.7 Å². The molecule has 0 aliphatic carbocycles. The van der Waals surface area contributed by atoms with E-state index in [0.717, 1.165) is 81.8 Å². The number of benzene rings is 2. The Hall–Kier alpha value is -2.86. The second kappa shape index (κ2) is 11.9. The molecule has 0 bridgehead atoms. The van der Waals surface area contributed by atoms with Crippen molar-refractivity contribution in [3.63, 3.8) is 0 Å². The van der Waals surface area contributed by atoms with E-state index in [1.807, 2.05) is 49.1 Å². The first-order valence-corrected chi connectivity index (χ1v) is 13.7. The number of carbonyl (C=O) groups is 2. The third-order valence-electron chi connectivity index (χ3n) is 7.97. The molecule has 0 saturated carbocycles. The summed E-state index contributed by atoms with van der Waals surface area (Å²) in [6, 6.07) is 14.7. The van der Waals surface area contributed by atoms with Crippen LogP contribution in [-0.2, 0) is 4.79 Å². The molecule has 2 aromatic rings. The maximum atomic E-state index is 12.9. The molecule has 6 heteroatoms. The van der Waals surface area contributed by atoms with Gasteiger partial charge in [-0.25, -0.2) is 0 Å². The van der Waals surface area contributed by atoms with Crippen LogP contribution < -0.4 is 10.2 Å². The Labute approximate surface area is 216 Å². The van der Waals surface area contributed by atoms with Gasteiger partial charge in [0.25, 0.3) is 5.91 Å². The van der Waals surface area contributed by atoms with Gasteiger partial charge in [-0.15, -0.1) is 0 Å². The molecule has 2 saturated heterocycles. The molecular weight excluding hydrogens is 448 g/mol. The normalized spacial score (nSPS) is 19.2. The van der Waals surface area contributed by atoms with E-state index in [4.69, 9.17) is 0 Å². The van der Waals surface area contributed by atoms with Crippen LogP contribution in [0.25, 0.3) is 0 Å². The molecule has 36 heavy (non-hydrogen) atoms. The zero-order chi connectivity index (χ0) is 25.7. The molecule has 6 nitrogen and oxygen atoms in total. The van der Waals surface area contributed by atoms with Crippen molar-refractivity contribution in [3.05, 3.63) is 59.2 Å². The van der Waals surface area contributed by atoms with Gasteiger partial charge in [-0.05, 0) is 95.8 Å². The lowest BCUT2D eigenvalue weighted by Crippen LogP contribution is -2.51. The third-order valence-corrected chi connectivity index (χ3v) is 7.97. The highest BCUT2D eigenvalue weighted by atomic mass is 16.2. The summed E-state index contributed by atoms with van der Waals surface area (Å²) in [5, 5.41) is 3.03. The van der Waals surface area contributed by atoms with Crippen molar-refractivity contribution >= 4 is 23.2 Å². The van der Waals surface area contributed by atoms with Crippen molar-refractivity contribution in [1.29, 1.82) is 0 Å². The van der Waals surface area contributed by atoms with Crippen molar-refractivity contribution in [2.45, 2.75) is 59.4 Å². The van der Waals surface area contributed by atoms with Gasteiger partial charge in [0.1, 0.15) is 0 Å². The fraction of sp³-hybridized carbons (Fsp3) is 0.533. The Morgan fingerprint density at radius 1 is 0.944 bits per heavy atom. The molecule has 0 aromatic heterocycles. The summed E-state index contributed by atoms with van der Waals surface area (Å²) < 4.78 is 0. The van der Waals surface area contributed by atoms with Crippen LogP contribution in [0, 0.1) is 19.8 Å². The summed E-state index contributed by atoms with van der Waals surface area (Å²) in [6.45, 7) is 13.8. The molecule has 2 fully saturated rings. The molecular formula is C30H42N4O2. The van der Waals surface area contributed by atoms with Crippen LogP contribution in [0.3, 0.4) is 0 Å². The highest BCUT2D eigenvalue weighted by Gasteiger charge is 2.33. The van der Waals surface area contributed by atoms with Crippen molar-refractivity contribution in [2.24, 2.45) is 5.92 Å². The molecule has 1 N–H and O–H groups in total. The fourth-order valence-corrected chi connectivity index (χ4v) is 5.84. The summed E-state index contributed by atoms with van der Waals surface area (Å²) in [7, 11) is 0. The molecule has 194 valence electrons. The Morgan fingerprint density at radius 2 is 1.64 bits per heavy atom. The van der Waals surface area contributed by atoms with Crippen LogP contribution in [0.5, 0.6) is 0 Å². The molecule has 2 aromatic carbocycles. The second-order valence-electron chi connectivity index (χ2n) is 10.4. The first-order valence-electron chi connectivity index (χ1n) is 13.7. The molecule has 4 rings (SSSR count). The first kappa shape index (κ1) is 26.2. The van der Waals surface area contributed by atoms with Crippen molar-refractivity contribution in [1.82, 2.24) is 9.80 Å². The van der Waals surface area contributed by atoms with Gasteiger partial charge in [0.15, 0.2) is 0 Å². The minimum absolute atomic E-state index is 0.0691. The third kappa shape index (κ3) is 6.09. The standard InChI is InChI=1S/C30H42N4O2/c1-5-32(6-2)30(36)24-8-7-17-34(21-24)27-15-18-33(19-16-27)26-12-10-25(11-13-26)31-29(35)28-14-9-22(3)20-23(28)4/h9-14,20,24,27H,5-8,15-19,21H2,1-4H3,(H,31,35)/t24-/m0/s1. The predicted molar refractivity (Wildman–Crippen MR) is 148 cm³/mol. The zero-order valence-corrected chi connectivity index (χ0v) is 22.4. The van der Waals surface area contributed by atoms with E-state index in [-0.39, 0.29) is 11.8 Å². The highest BCUT2D eigenvalue weighted by molar-refractivity contribution is 6.05. The van der Waals surface area contributed by atoms with Gasteiger partial charge in [0, 0.05) is 55.7 Å². The molecule has 1 atom stereocenters. The van der Waals surface area contributed by atoms with Gasteiger partial charge in [-0.2, -0.15) is 0 Å². The van der Waals surface area contributed by atoms with E-state index in [1.54, 1.807) is 0 Å². The number of amides is 2. The quantitative estimate of drug-likeness (QED) is 0.586. The summed E-state index contributed by atoms with van der Waals surface area (Å²) in [5.41, 5.74) is 4.88. The van der Waals surface area contributed by atoms with E-state index in [2.05, 4.69) is 41.1 Å². The number of aryl methyl sites for hydroxylation is 2. The molecule has 2 aliphatic heterocycles. The van der Waals surface area contributed by atoms with E-state index >= 15 is 0 Å². The van der Waals surface area contributed by atoms with Gasteiger partial charge in [-0.3, -0.25) is 14.5 Å². The number of carbonyl (C=O) groups excluding carboxylic acids is 2. The predicted octanol–water partition coefficient (Wildman–Crippen LogP) is 5.10. The maximum absolute atomic E-state index is 12.9. The number of likely N-dealkylation sites (tertiary alicyclic amines) is 1. The van der Waals surface area contributed by atoms with Crippen LogP contribution in [-0.4, -0.2) is 66.9 Å². The van der Waals surface area contributed by atoms with Crippen LogP contribution in [0.1, 0.15) is 61.0 Å². The lowest BCUT2D eigenvalue weighted by molar-refractivity contribution is -0.137. The van der Waals surface area contributed by atoms with E-state index in [9.17, 15) is 9.59 Å². The summed E-state index contributed by atoms with van der Waals surface area (Å²) in [5.74, 6) is 0.426. The Bertz CT molecular complexity index is 1040. The van der Waals surface area contributed by atoms with E-state index in [0.29, 0.717) is 17.5 Å². The maximum Gasteiger partial charge on any atom is 0.255 e. The van der Waals surface area contributed by atoms with Crippen LogP contribution in [0.2, 0.25) is 0 Å². The summed E-state index contributed by atoms with van der Waals surface area (Å²) in [6.07, 6.45) is 4.39. The number of anilines is 2. The molecule has 0 spiro atoms. The van der Waals surface area contributed by atoms with Crippen LogP contribution in [0.4, 0.5) is 11.4 Å². The average molecular weight is 491 g/mol. The largest absolute Gasteiger partial charge is 0.371 e. The summed E-state index contributed by atoms with van der Waals surface area (Å²) in [4.78, 5) is 32.6. The summed E-state index contributed by atoms with van der Waals surface area (Å²) >= 11 is 0. The number of piperidine rings is 2. The SMILES string of the molecule is CCN(CC)C(=O)[C@H]1CCCN(C2CCN(c3ccc(NC(=O)c4ccc(C)cc4C)cc3)CC2)C1. The Morgan fingerprint density at radius 3 is 2.28 bits per heavy atom. The van der Waals surface area contributed by atoms with Crippen LogP contribution in [0.15, 0.2) is 42.5 Å². The minimum Gasteiger partial charge on any atom is -0.371 e. The van der Waals surface area contributed by atoms with Crippen molar-refractivity contribution in [3.8, 4) is 0 Å².